The number of ether oxygens (including phenoxy) is 3. The first kappa shape index (κ1) is 24.8. The van der Waals surface area contributed by atoms with E-state index in [1.54, 1.807) is 43.6 Å². The van der Waals surface area contributed by atoms with Gasteiger partial charge in [-0.25, -0.2) is 9.18 Å². The standard InChI is InChI=1S/C29H25FN4O4/c1-17-12-19(7-9-23(17)30)27-22(6-5-11-31-27)18-8-10-24-20(13-18)16-32-34(24)29(35)33-21-14-25(36-2)28(38-4)26(15-21)37-3/h5-16H,1-4H3,(H,33,35). The van der Waals surface area contributed by atoms with Crippen LogP contribution in [-0.2, 0) is 0 Å². The molecule has 2 heterocycles. The number of pyridine rings is 1. The fourth-order valence-corrected chi connectivity index (χ4v) is 4.35. The van der Waals surface area contributed by atoms with Gasteiger partial charge in [-0.1, -0.05) is 12.1 Å². The zero-order chi connectivity index (χ0) is 26.8. The Balaban J connectivity index is 1.47. The van der Waals surface area contributed by atoms with Crippen molar-refractivity contribution in [3.63, 3.8) is 0 Å². The molecule has 9 heteroatoms. The molecule has 1 N–H and O–H groups in total. The number of hydrogen-bond donors (Lipinski definition) is 1. The summed E-state index contributed by atoms with van der Waals surface area (Å²) in [5.74, 6) is 1.00. The zero-order valence-corrected chi connectivity index (χ0v) is 21.3. The summed E-state index contributed by atoms with van der Waals surface area (Å²) in [6.07, 6.45) is 3.34. The summed E-state index contributed by atoms with van der Waals surface area (Å²) in [7, 11) is 4.52. The molecule has 0 saturated carbocycles. The molecule has 0 saturated heterocycles. The molecule has 5 rings (SSSR count). The number of fused-ring (bicyclic) bond motifs is 1. The van der Waals surface area contributed by atoms with Crippen LogP contribution in [0.25, 0.3) is 33.3 Å². The zero-order valence-electron chi connectivity index (χ0n) is 21.3. The topological polar surface area (TPSA) is 87.5 Å². The van der Waals surface area contributed by atoms with Crippen LogP contribution in [-0.4, -0.2) is 42.1 Å². The van der Waals surface area contributed by atoms with Gasteiger partial charge >= 0.3 is 6.03 Å². The number of aromatic nitrogens is 3. The highest BCUT2D eigenvalue weighted by Crippen LogP contribution is 2.40. The Morgan fingerprint density at radius 2 is 1.66 bits per heavy atom. The van der Waals surface area contributed by atoms with Crippen LogP contribution in [0.1, 0.15) is 5.56 Å². The number of hydrogen-bond acceptors (Lipinski definition) is 6. The first-order valence-electron chi connectivity index (χ1n) is 11.7. The number of anilines is 1. The molecule has 0 unspecified atom stereocenters. The van der Waals surface area contributed by atoms with Gasteiger partial charge in [-0.05, 0) is 54.4 Å². The Morgan fingerprint density at radius 3 is 2.34 bits per heavy atom. The SMILES string of the molecule is COc1cc(NC(=O)n2ncc3cc(-c4cccnc4-c4ccc(F)c(C)c4)ccc32)cc(OC)c1OC. The predicted molar refractivity (Wildman–Crippen MR) is 144 cm³/mol. The molecule has 8 nitrogen and oxygen atoms in total. The van der Waals surface area contributed by atoms with Gasteiger partial charge in [-0.2, -0.15) is 9.78 Å². The molecule has 0 aliphatic rings. The van der Waals surface area contributed by atoms with E-state index in [4.69, 9.17) is 14.2 Å². The minimum absolute atomic E-state index is 0.259. The van der Waals surface area contributed by atoms with E-state index < -0.39 is 6.03 Å². The molecule has 0 aliphatic carbocycles. The average molecular weight is 513 g/mol. The monoisotopic (exact) mass is 512 g/mol. The van der Waals surface area contributed by atoms with Crippen molar-refractivity contribution < 1.29 is 23.4 Å². The number of aryl methyl sites for hydroxylation is 1. The van der Waals surface area contributed by atoms with Crippen LogP contribution in [0, 0.1) is 12.7 Å². The summed E-state index contributed by atoms with van der Waals surface area (Å²) in [5.41, 5.74) is 4.97. The fourth-order valence-electron chi connectivity index (χ4n) is 4.35. The third kappa shape index (κ3) is 4.50. The summed E-state index contributed by atoms with van der Waals surface area (Å²) >= 11 is 0. The molecular formula is C29H25FN4O4. The van der Waals surface area contributed by atoms with Gasteiger partial charge in [0.25, 0.3) is 0 Å². The van der Waals surface area contributed by atoms with E-state index in [1.165, 1.54) is 32.1 Å². The third-order valence-electron chi connectivity index (χ3n) is 6.23. The van der Waals surface area contributed by atoms with Crippen molar-refractivity contribution in [1.29, 1.82) is 0 Å². The smallest absolute Gasteiger partial charge is 0.347 e. The van der Waals surface area contributed by atoms with Gasteiger partial charge in [0.05, 0.1) is 44.4 Å². The van der Waals surface area contributed by atoms with E-state index in [-0.39, 0.29) is 5.82 Å². The van der Waals surface area contributed by atoms with Crippen molar-refractivity contribution in [1.82, 2.24) is 14.8 Å². The highest BCUT2D eigenvalue weighted by atomic mass is 19.1. The maximum absolute atomic E-state index is 13.8. The quantitative estimate of drug-likeness (QED) is 0.287. The summed E-state index contributed by atoms with van der Waals surface area (Å²) in [4.78, 5) is 17.7. The first-order chi connectivity index (χ1) is 18.4. The number of carbonyl (C=O) groups is 1. The van der Waals surface area contributed by atoms with Crippen LogP contribution in [0.2, 0.25) is 0 Å². The summed E-state index contributed by atoms with van der Waals surface area (Å²) in [6.45, 7) is 1.73. The second-order valence-electron chi connectivity index (χ2n) is 8.54. The molecule has 38 heavy (non-hydrogen) atoms. The highest BCUT2D eigenvalue weighted by Gasteiger charge is 2.17. The summed E-state index contributed by atoms with van der Waals surface area (Å²) < 4.78 is 31.2. The second-order valence-corrected chi connectivity index (χ2v) is 8.54. The van der Waals surface area contributed by atoms with E-state index in [1.807, 2.05) is 30.3 Å². The van der Waals surface area contributed by atoms with Crippen molar-refractivity contribution >= 4 is 22.6 Å². The molecule has 0 aliphatic heterocycles. The van der Waals surface area contributed by atoms with Crippen molar-refractivity contribution in [3.8, 4) is 39.6 Å². The molecule has 192 valence electrons. The number of halogens is 1. The number of carbonyl (C=O) groups excluding carboxylic acids is 1. The van der Waals surface area contributed by atoms with Crippen molar-refractivity contribution in [3.05, 3.63) is 84.4 Å². The van der Waals surface area contributed by atoms with E-state index in [0.29, 0.717) is 34.0 Å². The molecule has 0 atom stereocenters. The third-order valence-corrected chi connectivity index (χ3v) is 6.23. The van der Waals surface area contributed by atoms with E-state index in [2.05, 4.69) is 15.4 Å². The van der Waals surface area contributed by atoms with Gasteiger partial charge in [0.2, 0.25) is 5.75 Å². The lowest BCUT2D eigenvalue weighted by atomic mass is 9.97. The van der Waals surface area contributed by atoms with Gasteiger partial charge in [-0.3, -0.25) is 4.98 Å². The Kier molecular flexibility index (Phi) is 6.66. The number of benzene rings is 3. The number of nitrogens with one attached hydrogen (secondary N) is 1. The van der Waals surface area contributed by atoms with Gasteiger partial charge in [-0.15, -0.1) is 0 Å². The van der Waals surface area contributed by atoms with Gasteiger partial charge < -0.3 is 19.5 Å². The van der Waals surface area contributed by atoms with Crippen LogP contribution in [0.4, 0.5) is 14.9 Å². The molecule has 0 radical (unpaired) electrons. The van der Waals surface area contributed by atoms with Gasteiger partial charge in [0.15, 0.2) is 11.5 Å². The minimum atomic E-state index is -0.453. The molecule has 3 aromatic carbocycles. The Labute approximate surface area is 218 Å². The van der Waals surface area contributed by atoms with Crippen molar-refractivity contribution in [2.75, 3.05) is 26.6 Å². The number of amides is 1. The molecule has 0 fully saturated rings. The van der Waals surface area contributed by atoms with Gasteiger partial charge in [0.1, 0.15) is 5.82 Å². The number of nitrogens with zero attached hydrogens (tertiary/aromatic N) is 3. The van der Waals surface area contributed by atoms with Crippen LogP contribution in [0.3, 0.4) is 0 Å². The van der Waals surface area contributed by atoms with E-state index in [9.17, 15) is 9.18 Å². The van der Waals surface area contributed by atoms with Crippen molar-refractivity contribution in [2.24, 2.45) is 0 Å². The van der Waals surface area contributed by atoms with E-state index in [0.717, 1.165) is 27.8 Å². The second kappa shape index (κ2) is 10.2. The Bertz CT molecular complexity index is 1640. The maximum atomic E-state index is 13.8. The number of rotatable bonds is 6. The predicted octanol–water partition coefficient (Wildman–Crippen LogP) is 6.32. The van der Waals surface area contributed by atoms with Crippen LogP contribution < -0.4 is 19.5 Å². The van der Waals surface area contributed by atoms with Crippen LogP contribution >= 0.6 is 0 Å². The van der Waals surface area contributed by atoms with Crippen LogP contribution in [0.15, 0.2) is 73.1 Å². The normalized spacial score (nSPS) is 10.9. The average Bonchev–Trinajstić information content (AvgIpc) is 3.37. The summed E-state index contributed by atoms with van der Waals surface area (Å²) in [5, 5.41) is 7.91. The largest absolute Gasteiger partial charge is 0.493 e. The molecule has 2 aromatic heterocycles. The maximum Gasteiger partial charge on any atom is 0.347 e. The van der Waals surface area contributed by atoms with Gasteiger partial charge in [0, 0.05) is 34.8 Å². The highest BCUT2D eigenvalue weighted by molar-refractivity contribution is 5.99. The van der Waals surface area contributed by atoms with E-state index >= 15 is 0 Å². The lowest BCUT2D eigenvalue weighted by Crippen LogP contribution is -2.20. The lowest BCUT2D eigenvalue weighted by Gasteiger charge is -2.14. The fraction of sp³-hybridized carbons (Fsp3) is 0.138. The molecule has 1 amide bonds. The number of methoxy groups -OCH3 is 3. The Hall–Kier alpha value is -4.92. The van der Waals surface area contributed by atoms with Crippen molar-refractivity contribution in [2.45, 2.75) is 6.92 Å². The Morgan fingerprint density at radius 1 is 0.921 bits per heavy atom. The first-order valence-corrected chi connectivity index (χ1v) is 11.7. The summed E-state index contributed by atoms with van der Waals surface area (Å²) in [6, 6.07) is 17.3. The molecule has 5 aromatic rings. The lowest BCUT2D eigenvalue weighted by molar-refractivity contribution is 0.251. The molecule has 0 spiro atoms. The molecule has 0 bridgehead atoms. The minimum Gasteiger partial charge on any atom is -0.493 e. The molecular weight excluding hydrogens is 487 g/mol. The van der Waals surface area contributed by atoms with Crippen LogP contribution in [0.5, 0.6) is 17.2 Å².